The molecule has 0 aliphatic carbocycles. The molecule has 7 heteroatoms. The second-order valence-corrected chi connectivity index (χ2v) is 4.10. The number of esters is 1. The summed E-state index contributed by atoms with van der Waals surface area (Å²) in [5, 5.41) is 0. The summed E-state index contributed by atoms with van der Waals surface area (Å²) in [6.45, 7) is 1.49. The van der Waals surface area contributed by atoms with Crippen molar-refractivity contribution in [3.05, 3.63) is 46.3 Å². The third-order valence-corrected chi connectivity index (χ3v) is 2.70. The summed E-state index contributed by atoms with van der Waals surface area (Å²) >= 11 is 0. The Labute approximate surface area is 104 Å². The van der Waals surface area contributed by atoms with E-state index in [4.69, 9.17) is 0 Å². The minimum Gasteiger partial charge on any atom is -0.454 e. The summed E-state index contributed by atoms with van der Waals surface area (Å²) in [6.07, 6.45) is -0.575. The third kappa shape index (κ3) is 2.20. The average molecular weight is 278 g/mol. The van der Waals surface area contributed by atoms with Gasteiger partial charge >= 0.3 is 5.97 Å². The monoisotopic (exact) mass is 278 g/mol. The molecule has 0 aromatic heterocycles. The highest BCUT2D eigenvalue weighted by atomic mass is 19.2. The number of hydrogen-bond acceptors (Lipinski definition) is 2. The first-order valence-corrected chi connectivity index (χ1v) is 5.22. The van der Waals surface area contributed by atoms with Crippen LogP contribution in [0, 0.1) is 29.1 Å². The molecule has 1 heterocycles. The van der Waals surface area contributed by atoms with E-state index < -0.39 is 46.7 Å². The SMILES string of the molecule is CC1=CC(=O)O[C@H](c2c(F)c(F)c(F)c(F)c2F)C1. The summed E-state index contributed by atoms with van der Waals surface area (Å²) < 4.78 is 70.6. The molecule has 1 aliphatic heterocycles. The highest BCUT2D eigenvalue weighted by Gasteiger charge is 2.33. The van der Waals surface area contributed by atoms with Crippen molar-refractivity contribution in [2.24, 2.45) is 0 Å². The van der Waals surface area contributed by atoms with Gasteiger partial charge in [0.2, 0.25) is 5.82 Å². The molecule has 0 saturated carbocycles. The van der Waals surface area contributed by atoms with Gasteiger partial charge in [0, 0.05) is 12.5 Å². The summed E-state index contributed by atoms with van der Waals surface area (Å²) in [6, 6.07) is 0. The van der Waals surface area contributed by atoms with Gasteiger partial charge in [0.25, 0.3) is 0 Å². The molecule has 0 saturated heterocycles. The molecule has 0 N–H and O–H groups in total. The number of carbonyl (C=O) groups excluding carboxylic acids is 1. The Bertz CT molecular complexity index is 565. The number of benzene rings is 1. The quantitative estimate of drug-likeness (QED) is 0.341. The van der Waals surface area contributed by atoms with Crippen LogP contribution < -0.4 is 0 Å². The van der Waals surface area contributed by atoms with Crippen LogP contribution in [-0.4, -0.2) is 5.97 Å². The molecule has 1 aromatic rings. The van der Waals surface area contributed by atoms with Gasteiger partial charge in [0.1, 0.15) is 6.10 Å². The van der Waals surface area contributed by atoms with E-state index in [1.165, 1.54) is 6.92 Å². The van der Waals surface area contributed by atoms with Crippen molar-refractivity contribution in [3.8, 4) is 0 Å². The van der Waals surface area contributed by atoms with E-state index in [9.17, 15) is 26.7 Å². The maximum atomic E-state index is 13.5. The van der Waals surface area contributed by atoms with E-state index in [0.717, 1.165) is 6.08 Å². The Morgan fingerprint density at radius 1 is 1.00 bits per heavy atom. The first kappa shape index (κ1) is 13.5. The fourth-order valence-corrected chi connectivity index (χ4v) is 1.83. The Hall–Kier alpha value is -1.92. The van der Waals surface area contributed by atoms with Gasteiger partial charge in [-0.2, -0.15) is 0 Å². The molecule has 0 unspecified atom stereocenters. The lowest BCUT2D eigenvalue weighted by molar-refractivity contribution is -0.145. The second kappa shape index (κ2) is 4.64. The summed E-state index contributed by atoms with van der Waals surface area (Å²) in [4.78, 5) is 11.1. The number of rotatable bonds is 1. The maximum absolute atomic E-state index is 13.5. The Morgan fingerprint density at radius 3 is 1.95 bits per heavy atom. The standard InChI is InChI=1S/C12H7F5O2/c1-4-2-5(19-6(18)3-4)7-8(13)10(15)12(17)11(16)9(7)14/h3,5H,2H2,1H3/t5-/m0/s1. The molecule has 0 radical (unpaired) electrons. The van der Waals surface area contributed by atoms with Crippen molar-refractivity contribution in [1.82, 2.24) is 0 Å². The molecule has 0 spiro atoms. The topological polar surface area (TPSA) is 26.3 Å². The number of carbonyl (C=O) groups is 1. The lowest BCUT2D eigenvalue weighted by Gasteiger charge is -2.23. The summed E-state index contributed by atoms with van der Waals surface area (Å²) in [5.41, 5.74) is -0.706. The Balaban J connectivity index is 2.58. The number of halogens is 5. The summed E-state index contributed by atoms with van der Waals surface area (Å²) in [5.74, 6) is -11.2. The van der Waals surface area contributed by atoms with Gasteiger partial charge in [-0.25, -0.2) is 26.7 Å². The smallest absolute Gasteiger partial charge is 0.331 e. The molecular formula is C12H7F5O2. The van der Waals surface area contributed by atoms with Crippen LogP contribution in [0.25, 0.3) is 0 Å². The molecule has 0 fully saturated rings. The third-order valence-electron chi connectivity index (χ3n) is 2.70. The zero-order valence-corrected chi connectivity index (χ0v) is 9.57. The zero-order valence-electron chi connectivity index (χ0n) is 9.57. The van der Waals surface area contributed by atoms with Crippen LogP contribution in [0.1, 0.15) is 25.0 Å². The lowest BCUT2D eigenvalue weighted by Crippen LogP contribution is -2.20. The molecule has 19 heavy (non-hydrogen) atoms. The van der Waals surface area contributed by atoms with Crippen LogP contribution in [0.5, 0.6) is 0 Å². The van der Waals surface area contributed by atoms with Gasteiger partial charge in [-0.3, -0.25) is 0 Å². The molecule has 0 bridgehead atoms. The van der Waals surface area contributed by atoms with Crippen molar-refractivity contribution in [1.29, 1.82) is 0 Å². The molecule has 0 amide bonds. The van der Waals surface area contributed by atoms with Crippen LogP contribution >= 0.6 is 0 Å². The van der Waals surface area contributed by atoms with Crippen molar-refractivity contribution in [2.45, 2.75) is 19.4 Å². The molecule has 102 valence electrons. The first-order valence-electron chi connectivity index (χ1n) is 5.22. The highest BCUT2D eigenvalue weighted by Crippen LogP contribution is 2.35. The van der Waals surface area contributed by atoms with E-state index >= 15 is 0 Å². The van der Waals surface area contributed by atoms with Gasteiger partial charge < -0.3 is 4.74 Å². The lowest BCUT2D eigenvalue weighted by atomic mass is 9.98. The highest BCUT2D eigenvalue weighted by molar-refractivity contribution is 5.83. The van der Waals surface area contributed by atoms with Gasteiger partial charge in [0.15, 0.2) is 23.3 Å². The van der Waals surface area contributed by atoms with Gasteiger partial charge in [-0.1, -0.05) is 5.57 Å². The number of hydrogen-bond donors (Lipinski definition) is 0. The minimum absolute atomic E-state index is 0.135. The molecule has 2 nitrogen and oxygen atoms in total. The predicted molar refractivity (Wildman–Crippen MR) is 53.4 cm³/mol. The largest absolute Gasteiger partial charge is 0.454 e. The van der Waals surface area contributed by atoms with Crippen LogP contribution in [0.4, 0.5) is 22.0 Å². The van der Waals surface area contributed by atoms with E-state index in [0.29, 0.717) is 5.57 Å². The van der Waals surface area contributed by atoms with E-state index in [1.807, 2.05) is 0 Å². The fourth-order valence-electron chi connectivity index (χ4n) is 1.83. The van der Waals surface area contributed by atoms with E-state index in [2.05, 4.69) is 4.74 Å². The van der Waals surface area contributed by atoms with Crippen LogP contribution in [0.2, 0.25) is 0 Å². The molecular weight excluding hydrogens is 271 g/mol. The molecule has 2 rings (SSSR count). The van der Waals surface area contributed by atoms with Crippen molar-refractivity contribution in [3.63, 3.8) is 0 Å². The van der Waals surface area contributed by atoms with Gasteiger partial charge in [0.05, 0.1) is 5.56 Å². The normalized spacial score (nSPS) is 19.2. The minimum atomic E-state index is -2.24. The summed E-state index contributed by atoms with van der Waals surface area (Å²) in [7, 11) is 0. The van der Waals surface area contributed by atoms with Crippen LogP contribution in [0.3, 0.4) is 0 Å². The van der Waals surface area contributed by atoms with Crippen LogP contribution in [0.15, 0.2) is 11.6 Å². The predicted octanol–water partition coefficient (Wildman–Crippen LogP) is 3.32. The van der Waals surface area contributed by atoms with Gasteiger partial charge in [-0.15, -0.1) is 0 Å². The van der Waals surface area contributed by atoms with E-state index in [1.54, 1.807) is 0 Å². The maximum Gasteiger partial charge on any atom is 0.331 e. The number of cyclic esters (lactones) is 1. The first-order chi connectivity index (χ1) is 8.82. The average Bonchev–Trinajstić information content (AvgIpc) is 2.33. The fraction of sp³-hybridized carbons (Fsp3) is 0.250. The molecule has 1 aliphatic rings. The van der Waals surface area contributed by atoms with Gasteiger partial charge in [-0.05, 0) is 6.92 Å². The second-order valence-electron chi connectivity index (χ2n) is 4.10. The Kier molecular flexibility index (Phi) is 3.30. The van der Waals surface area contributed by atoms with Crippen molar-refractivity contribution < 1.29 is 31.5 Å². The molecule has 1 aromatic carbocycles. The Morgan fingerprint density at radius 2 is 1.47 bits per heavy atom. The molecule has 1 atom stereocenters. The van der Waals surface area contributed by atoms with Crippen molar-refractivity contribution in [2.75, 3.05) is 0 Å². The van der Waals surface area contributed by atoms with Crippen LogP contribution in [-0.2, 0) is 9.53 Å². The zero-order chi connectivity index (χ0) is 14.3. The van der Waals surface area contributed by atoms with E-state index in [-0.39, 0.29) is 6.42 Å². The number of ether oxygens (including phenoxy) is 1. The van der Waals surface area contributed by atoms with Crippen molar-refractivity contribution >= 4 is 5.97 Å².